The van der Waals surface area contributed by atoms with Crippen LogP contribution >= 0.6 is 15.9 Å². The second-order valence-electron chi connectivity index (χ2n) is 5.30. The molecule has 5 nitrogen and oxygen atoms in total. The quantitative estimate of drug-likeness (QED) is 0.866. The van der Waals surface area contributed by atoms with Crippen molar-refractivity contribution in [2.24, 2.45) is 0 Å². The number of benzene rings is 2. The lowest BCUT2D eigenvalue weighted by molar-refractivity contribution is -0.118. The number of rotatable bonds is 3. The highest BCUT2D eigenvalue weighted by Gasteiger charge is 2.18. The molecule has 0 fully saturated rings. The van der Waals surface area contributed by atoms with Gasteiger partial charge in [-0.2, -0.15) is 0 Å². The van der Waals surface area contributed by atoms with E-state index < -0.39 is 0 Å². The molecule has 6 heteroatoms. The Balaban J connectivity index is 1.74. The molecule has 0 saturated carbocycles. The van der Waals surface area contributed by atoms with Gasteiger partial charge in [0.1, 0.15) is 5.75 Å². The third-order valence-electron chi connectivity index (χ3n) is 3.57. The summed E-state index contributed by atoms with van der Waals surface area (Å²) in [5.74, 6) is 0.117. The standard InChI is InChI=1S/C17H15BrN2O3/c1-10(11-3-2-4-13(18)7-11)19-17(22)12-5-6-14-15(8-12)23-9-16(21)20-14/h2-8,10H,9H2,1H3,(H,19,22)(H,20,21). The molecule has 118 valence electrons. The van der Waals surface area contributed by atoms with Gasteiger partial charge < -0.3 is 15.4 Å². The van der Waals surface area contributed by atoms with E-state index in [1.54, 1.807) is 18.2 Å². The molecule has 1 atom stereocenters. The third-order valence-corrected chi connectivity index (χ3v) is 4.07. The summed E-state index contributed by atoms with van der Waals surface area (Å²) in [6, 6.07) is 12.6. The average Bonchev–Trinajstić information content (AvgIpc) is 2.54. The van der Waals surface area contributed by atoms with Crippen LogP contribution in [-0.2, 0) is 4.79 Å². The normalized spacial score (nSPS) is 14.3. The maximum atomic E-state index is 12.4. The first kappa shape index (κ1) is 15.6. The minimum absolute atomic E-state index is 0.0352. The maximum Gasteiger partial charge on any atom is 0.262 e. The van der Waals surface area contributed by atoms with Gasteiger partial charge in [-0.15, -0.1) is 0 Å². The SMILES string of the molecule is CC(NC(=O)c1ccc2c(c1)OCC(=O)N2)c1cccc(Br)c1. The number of carbonyl (C=O) groups excluding carboxylic acids is 2. The maximum absolute atomic E-state index is 12.4. The molecule has 23 heavy (non-hydrogen) atoms. The number of anilines is 1. The molecular formula is C17H15BrN2O3. The van der Waals surface area contributed by atoms with E-state index in [0.29, 0.717) is 17.0 Å². The molecule has 0 bridgehead atoms. The first-order chi connectivity index (χ1) is 11.0. The van der Waals surface area contributed by atoms with Crippen LogP contribution in [0.5, 0.6) is 5.75 Å². The first-order valence-electron chi connectivity index (χ1n) is 7.16. The van der Waals surface area contributed by atoms with Crippen molar-refractivity contribution in [2.45, 2.75) is 13.0 Å². The Kier molecular flexibility index (Phi) is 4.34. The molecule has 0 spiro atoms. The van der Waals surface area contributed by atoms with Crippen molar-refractivity contribution in [1.82, 2.24) is 5.32 Å². The highest BCUT2D eigenvalue weighted by atomic mass is 79.9. The van der Waals surface area contributed by atoms with E-state index in [9.17, 15) is 9.59 Å². The number of carbonyl (C=O) groups is 2. The van der Waals surface area contributed by atoms with Crippen LogP contribution in [0.3, 0.4) is 0 Å². The summed E-state index contributed by atoms with van der Waals surface area (Å²) in [6.07, 6.45) is 0. The molecule has 0 radical (unpaired) electrons. The summed E-state index contributed by atoms with van der Waals surface area (Å²) in [7, 11) is 0. The molecule has 2 N–H and O–H groups in total. The summed E-state index contributed by atoms with van der Waals surface area (Å²) in [4.78, 5) is 23.7. The van der Waals surface area contributed by atoms with Gasteiger partial charge in [0, 0.05) is 10.0 Å². The van der Waals surface area contributed by atoms with Gasteiger partial charge in [-0.1, -0.05) is 28.1 Å². The molecule has 1 unspecified atom stereocenters. The lowest BCUT2D eigenvalue weighted by Gasteiger charge is -2.19. The predicted octanol–water partition coefficient (Wildman–Crippen LogP) is 3.27. The fourth-order valence-electron chi connectivity index (χ4n) is 2.36. The molecule has 1 aliphatic heterocycles. The van der Waals surface area contributed by atoms with Crippen LogP contribution in [0.1, 0.15) is 28.9 Å². The van der Waals surface area contributed by atoms with Gasteiger partial charge in [-0.25, -0.2) is 0 Å². The van der Waals surface area contributed by atoms with Gasteiger partial charge in [-0.05, 0) is 42.8 Å². The average molecular weight is 375 g/mol. The largest absolute Gasteiger partial charge is 0.482 e. The Morgan fingerprint density at radius 1 is 1.30 bits per heavy atom. The fraction of sp³-hybridized carbons (Fsp3) is 0.176. The van der Waals surface area contributed by atoms with E-state index in [1.165, 1.54) is 0 Å². The molecule has 1 aliphatic rings. The minimum atomic E-state index is -0.196. The minimum Gasteiger partial charge on any atom is -0.482 e. The summed E-state index contributed by atoms with van der Waals surface area (Å²) in [5.41, 5.74) is 2.08. The van der Waals surface area contributed by atoms with Gasteiger partial charge in [0.25, 0.3) is 11.8 Å². The molecule has 2 aromatic carbocycles. The summed E-state index contributed by atoms with van der Waals surface area (Å²) in [5, 5.41) is 5.65. The van der Waals surface area contributed by atoms with Crippen molar-refractivity contribution >= 4 is 33.4 Å². The van der Waals surface area contributed by atoms with Crippen molar-refractivity contribution in [2.75, 3.05) is 11.9 Å². The van der Waals surface area contributed by atoms with Crippen LogP contribution in [0.25, 0.3) is 0 Å². The van der Waals surface area contributed by atoms with Crippen LogP contribution in [0.4, 0.5) is 5.69 Å². The van der Waals surface area contributed by atoms with Crippen molar-refractivity contribution in [3.8, 4) is 5.75 Å². The Labute approximate surface area is 142 Å². The van der Waals surface area contributed by atoms with Gasteiger partial charge >= 0.3 is 0 Å². The summed E-state index contributed by atoms with van der Waals surface area (Å²) < 4.78 is 6.30. The van der Waals surface area contributed by atoms with E-state index in [0.717, 1.165) is 10.0 Å². The zero-order valence-electron chi connectivity index (χ0n) is 12.4. The Bertz CT molecular complexity index is 776. The van der Waals surface area contributed by atoms with Crippen molar-refractivity contribution in [1.29, 1.82) is 0 Å². The van der Waals surface area contributed by atoms with Gasteiger partial charge in [0.05, 0.1) is 11.7 Å². The van der Waals surface area contributed by atoms with E-state index in [1.807, 2.05) is 31.2 Å². The van der Waals surface area contributed by atoms with Crippen molar-refractivity contribution in [3.63, 3.8) is 0 Å². The first-order valence-corrected chi connectivity index (χ1v) is 7.95. The smallest absolute Gasteiger partial charge is 0.262 e. The zero-order chi connectivity index (χ0) is 16.4. The molecular weight excluding hydrogens is 360 g/mol. The Hall–Kier alpha value is -2.34. The molecule has 0 saturated heterocycles. The third kappa shape index (κ3) is 3.53. The number of ether oxygens (including phenoxy) is 1. The summed E-state index contributed by atoms with van der Waals surface area (Å²) >= 11 is 3.42. The van der Waals surface area contributed by atoms with Crippen LogP contribution in [0, 0.1) is 0 Å². The van der Waals surface area contributed by atoms with Crippen LogP contribution in [0.2, 0.25) is 0 Å². The molecule has 0 aliphatic carbocycles. The van der Waals surface area contributed by atoms with Crippen LogP contribution in [-0.4, -0.2) is 18.4 Å². The van der Waals surface area contributed by atoms with E-state index in [4.69, 9.17) is 4.74 Å². The van der Waals surface area contributed by atoms with Gasteiger partial charge in [0.15, 0.2) is 6.61 Å². The zero-order valence-corrected chi connectivity index (χ0v) is 14.0. The molecule has 3 rings (SSSR count). The number of halogens is 1. The Morgan fingerprint density at radius 3 is 2.91 bits per heavy atom. The second-order valence-corrected chi connectivity index (χ2v) is 6.21. The van der Waals surface area contributed by atoms with Crippen LogP contribution < -0.4 is 15.4 Å². The number of fused-ring (bicyclic) bond motifs is 1. The Morgan fingerprint density at radius 2 is 2.13 bits per heavy atom. The number of hydrogen-bond acceptors (Lipinski definition) is 3. The monoisotopic (exact) mass is 374 g/mol. The number of amides is 2. The van der Waals surface area contributed by atoms with E-state index in [-0.39, 0.29) is 24.5 Å². The molecule has 2 amide bonds. The lowest BCUT2D eigenvalue weighted by atomic mass is 10.1. The van der Waals surface area contributed by atoms with Gasteiger partial charge in [0.2, 0.25) is 0 Å². The van der Waals surface area contributed by atoms with E-state index in [2.05, 4.69) is 26.6 Å². The van der Waals surface area contributed by atoms with Gasteiger partial charge in [-0.3, -0.25) is 9.59 Å². The molecule has 0 aromatic heterocycles. The number of hydrogen-bond donors (Lipinski definition) is 2. The topological polar surface area (TPSA) is 67.4 Å². The second kappa shape index (κ2) is 6.42. The fourth-order valence-corrected chi connectivity index (χ4v) is 2.77. The van der Waals surface area contributed by atoms with E-state index >= 15 is 0 Å². The highest BCUT2D eigenvalue weighted by Crippen LogP contribution is 2.28. The number of nitrogens with one attached hydrogen (secondary N) is 2. The molecule has 2 aromatic rings. The molecule has 1 heterocycles. The van der Waals surface area contributed by atoms with Crippen molar-refractivity contribution < 1.29 is 14.3 Å². The van der Waals surface area contributed by atoms with Crippen LogP contribution in [0.15, 0.2) is 46.9 Å². The predicted molar refractivity (Wildman–Crippen MR) is 90.6 cm³/mol. The highest BCUT2D eigenvalue weighted by molar-refractivity contribution is 9.10. The lowest BCUT2D eigenvalue weighted by Crippen LogP contribution is -2.28. The van der Waals surface area contributed by atoms with Crippen molar-refractivity contribution in [3.05, 3.63) is 58.1 Å². The summed E-state index contributed by atoms with van der Waals surface area (Å²) in [6.45, 7) is 1.89.